The first kappa shape index (κ1) is 14.4. The summed E-state index contributed by atoms with van der Waals surface area (Å²) in [6.07, 6.45) is 2.53. The number of aliphatic hydroxyl groups is 1. The van der Waals surface area contributed by atoms with Crippen molar-refractivity contribution in [3.63, 3.8) is 0 Å². The third-order valence-electron chi connectivity index (χ3n) is 2.88. The average molecular weight is 253 g/mol. The van der Waals surface area contributed by atoms with Crippen molar-refractivity contribution in [1.82, 2.24) is 4.90 Å². The first-order valence-corrected chi connectivity index (χ1v) is 5.87. The summed E-state index contributed by atoms with van der Waals surface area (Å²) in [5, 5.41) is 9.61. The van der Waals surface area contributed by atoms with Gasteiger partial charge < -0.3 is 9.84 Å². The minimum Gasteiger partial charge on any atom is -0.445 e. The van der Waals surface area contributed by atoms with Gasteiger partial charge in [0.2, 0.25) is 0 Å². The highest BCUT2D eigenvalue weighted by atomic mass is 16.6. The van der Waals surface area contributed by atoms with Gasteiger partial charge in [-0.3, -0.25) is 9.69 Å². The molecule has 0 aromatic rings. The molecule has 1 saturated heterocycles. The van der Waals surface area contributed by atoms with Gasteiger partial charge in [-0.15, -0.1) is 0 Å². The minimum atomic E-state index is -0.581. The number of allylic oxidation sites excluding steroid dienone is 1. The number of amides is 1. The lowest BCUT2D eigenvalue weighted by atomic mass is 10.1. The van der Waals surface area contributed by atoms with E-state index in [1.165, 1.54) is 17.9 Å². The maximum Gasteiger partial charge on any atom is 0.410 e. The molecule has 2 atom stereocenters. The lowest BCUT2D eigenvalue weighted by Gasteiger charge is -2.21. The van der Waals surface area contributed by atoms with Gasteiger partial charge in [0, 0.05) is 0 Å². The second-order valence-corrected chi connectivity index (χ2v) is 4.38. The molecule has 0 aliphatic carbocycles. The number of Topliss-reactive ketones (excluding diaryl/α,β-unsaturated/α-hetero) is 1. The van der Waals surface area contributed by atoms with Gasteiger partial charge in [-0.2, -0.15) is 0 Å². The van der Waals surface area contributed by atoms with Crippen molar-refractivity contribution in [2.45, 2.75) is 32.4 Å². The third kappa shape index (κ3) is 3.70. The van der Waals surface area contributed by atoms with Crippen LogP contribution >= 0.6 is 0 Å². The normalized spacial score (nSPS) is 23.9. The summed E-state index contributed by atoms with van der Waals surface area (Å²) in [7, 11) is 0. The first-order valence-electron chi connectivity index (χ1n) is 5.87. The fraction of sp³-hybridized carbons (Fsp3) is 0.538. The van der Waals surface area contributed by atoms with Gasteiger partial charge >= 0.3 is 6.09 Å². The van der Waals surface area contributed by atoms with Gasteiger partial charge in [0.15, 0.2) is 5.78 Å². The fourth-order valence-electron chi connectivity index (χ4n) is 1.83. The van der Waals surface area contributed by atoms with E-state index in [2.05, 4.69) is 6.58 Å². The molecule has 1 amide bonds. The van der Waals surface area contributed by atoms with Crippen molar-refractivity contribution in [2.75, 3.05) is 13.2 Å². The molecule has 1 rings (SSSR count). The number of aliphatic hydroxyl groups excluding tert-OH is 1. The number of β-amino-alcohol motifs (C(OH)–C–C–N with tert-alkyl or cyclic N) is 1. The molecule has 0 aromatic heterocycles. The molecule has 1 aliphatic heterocycles. The average Bonchev–Trinajstić information content (AvgIpc) is 2.67. The lowest BCUT2D eigenvalue weighted by Crippen LogP contribution is -2.35. The Morgan fingerprint density at radius 1 is 1.50 bits per heavy atom. The maximum atomic E-state index is 11.7. The predicted octanol–water partition coefficient (Wildman–Crippen LogP) is 1.28. The van der Waals surface area contributed by atoms with E-state index < -0.39 is 12.2 Å². The summed E-state index contributed by atoms with van der Waals surface area (Å²) in [5.74, 6) is -0.0456. The van der Waals surface area contributed by atoms with Crippen LogP contribution in [0.5, 0.6) is 0 Å². The molecule has 1 N–H and O–H groups in total. The molecule has 18 heavy (non-hydrogen) atoms. The number of hydrogen-bond donors (Lipinski definition) is 1. The van der Waals surface area contributed by atoms with Gasteiger partial charge in [0.25, 0.3) is 0 Å². The molecule has 1 heterocycles. The molecule has 0 radical (unpaired) electrons. The molecule has 1 fully saturated rings. The molecule has 0 unspecified atom stereocenters. The van der Waals surface area contributed by atoms with Crippen molar-refractivity contribution in [3.8, 4) is 0 Å². The van der Waals surface area contributed by atoms with E-state index in [-0.39, 0.29) is 25.0 Å². The van der Waals surface area contributed by atoms with Crippen LogP contribution in [0, 0.1) is 0 Å². The van der Waals surface area contributed by atoms with Gasteiger partial charge in [-0.25, -0.2) is 4.79 Å². The van der Waals surface area contributed by atoms with E-state index in [0.29, 0.717) is 12.0 Å². The second kappa shape index (κ2) is 6.35. The Kier molecular flexibility index (Phi) is 5.09. The van der Waals surface area contributed by atoms with Crippen LogP contribution in [-0.2, 0) is 9.53 Å². The Balaban J connectivity index is 2.76. The molecular weight excluding hydrogens is 234 g/mol. The topological polar surface area (TPSA) is 66.8 Å². The highest BCUT2D eigenvalue weighted by Gasteiger charge is 2.34. The number of rotatable bonds is 4. The number of carbonyl (C=O) groups excluding carboxylic acids is 2. The zero-order valence-corrected chi connectivity index (χ0v) is 10.8. The van der Waals surface area contributed by atoms with E-state index in [9.17, 15) is 14.7 Å². The number of nitrogens with zero attached hydrogens (tertiary/aromatic N) is 1. The molecular formula is C13H19NO4. The minimum absolute atomic E-state index is 0.0456. The summed E-state index contributed by atoms with van der Waals surface area (Å²) in [5.41, 5.74) is 0.579. The monoisotopic (exact) mass is 253 g/mol. The Morgan fingerprint density at radius 2 is 2.17 bits per heavy atom. The molecule has 0 bridgehead atoms. The molecule has 5 nitrogen and oxygen atoms in total. The Bertz CT molecular complexity index is 375. The Hall–Kier alpha value is -1.62. The van der Waals surface area contributed by atoms with Gasteiger partial charge in [0.05, 0.1) is 18.7 Å². The third-order valence-corrected chi connectivity index (χ3v) is 2.88. The van der Waals surface area contributed by atoms with Crippen LogP contribution in [0.1, 0.15) is 20.3 Å². The number of hydrogen-bond acceptors (Lipinski definition) is 4. The standard InChI is InChI=1S/C13H19NO4/c1-4-5-18-13(17)14-8-12(16)7-11(14)6-9(2)10(3)15/h4,6,11-12,16H,1,5,7-8H2,2-3H3/t11-,12-/m1/s1. The summed E-state index contributed by atoms with van der Waals surface area (Å²) >= 11 is 0. The fourth-order valence-corrected chi connectivity index (χ4v) is 1.83. The van der Waals surface area contributed by atoms with Crippen molar-refractivity contribution >= 4 is 11.9 Å². The highest BCUT2D eigenvalue weighted by Crippen LogP contribution is 2.21. The largest absolute Gasteiger partial charge is 0.445 e. The van der Waals surface area contributed by atoms with Crippen LogP contribution in [0.4, 0.5) is 4.79 Å². The lowest BCUT2D eigenvalue weighted by molar-refractivity contribution is -0.113. The van der Waals surface area contributed by atoms with Crippen LogP contribution < -0.4 is 0 Å². The van der Waals surface area contributed by atoms with E-state index >= 15 is 0 Å². The van der Waals surface area contributed by atoms with Crippen molar-refractivity contribution in [3.05, 3.63) is 24.3 Å². The SMILES string of the molecule is C=CCOC(=O)N1C[C@H](O)C[C@H]1C=C(C)C(C)=O. The van der Waals surface area contributed by atoms with Crippen LogP contribution in [0.25, 0.3) is 0 Å². The predicted molar refractivity (Wildman–Crippen MR) is 67.1 cm³/mol. The van der Waals surface area contributed by atoms with Crippen LogP contribution in [0.2, 0.25) is 0 Å². The van der Waals surface area contributed by atoms with E-state index in [4.69, 9.17) is 4.74 Å². The molecule has 0 spiro atoms. The Labute approximate surface area is 107 Å². The van der Waals surface area contributed by atoms with Crippen molar-refractivity contribution in [1.29, 1.82) is 0 Å². The Morgan fingerprint density at radius 3 is 2.72 bits per heavy atom. The van der Waals surface area contributed by atoms with Crippen molar-refractivity contribution in [2.24, 2.45) is 0 Å². The second-order valence-electron chi connectivity index (χ2n) is 4.38. The van der Waals surface area contributed by atoms with Crippen LogP contribution in [0.3, 0.4) is 0 Å². The van der Waals surface area contributed by atoms with Crippen LogP contribution in [0.15, 0.2) is 24.3 Å². The van der Waals surface area contributed by atoms with E-state index in [0.717, 1.165) is 0 Å². The number of likely N-dealkylation sites (tertiary alicyclic amines) is 1. The molecule has 100 valence electrons. The summed E-state index contributed by atoms with van der Waals surface area (Å²) in [6, 6.07) is -0.291. The zero-order chi connectivity index (χ0) is 13.7. The van der Waals surface area contributed by atoms with E-state index in [1.54, 1.807) is 13.0 Å². The number of ketones is 1. The highest BCUT2D eigenvalue weighted by molar-refractivity contribution is 5.92. The molecule has 1 aliphatic rings. The zero-order valence-electron chi connectivity index (χ0n) is 10.8. The molecule has 0 saturated carbocycles. The van der Waals surface area contributed by atoms with Gasteiger partial charge in [-0.05, 0) is 25.8 Å². The summed E-state index contributed by atoms with van der Waals surface area (Å²) in [4.78, 5) is 24.4. The van der Waals surface area contributed by atoms with Crippen molar-refractivity contribution < 1.29 is 19.4 Å². The summed E-state index contributed by atoms with van der Waals surface area (Å²) < 4.78 is 4.94. The first-order chi connectivity index (χ1) is 8.45. The summed E-state index contributed by atoms with van der Waals surface area (Å²) in [6.45, 7) is 6.98. The molecule has 0 aromatic carbocycles. The molecule has 5 heteroatoms. The number of carbonyl (C=O) groups is 2. The van der Waals surface area contributed by atoms with Gasteiger partial charge in [-0.1, -0.05) is 18.7 Å². The quantitative estimate of drug-likeness (QED) is 0.605. The smallest absolute Gasteiger partial charge is 0.410 e. The van der Waals surface area contributed by atoms with E-state index in [1.807, 2.05) is 0 Å². The van der Waals surface area contributed by atoms with Crippen LogP contribution in [-0.4, -0.2) is 47.2 Å². The maximum absolute atomic E-state index is 11.7. The van der Waals surface area contributed by atoms with Gasteiger partial charge in [0.1, 0.15) is 6.61 Å². The number of ether oxygens (including phenoxy) is 1.